The van der Waals surface area contributed by atoms with Gasteiger partial charge in [0, 0.05) is 0 Å². The molecule has 0 bridgehead atoms. The van der Waals surface area contributed by atoms with Gasteiger partial charge in [-0.2, -0.15) is 4.98 Å². The van der Waals surface area contributed by atoms with E-state index in [2.05, 4.69) is 9.97 Å². The quantitative estimate of drug-likeness (QED) is 0.556. The predicted octanol–water partition coefficient (Wildman–Crippen LogP) is -0.268. The number of aromatic amines is 1. The van der Waals surface area contributed by atoms with Gasteiger partial charge in [0.1, 0.15) is 5.82 Å². The molecule has 1 aromatic rings. The largest absolute Gasteiger partial charge is 0.493 e. The normalized spacial score (nSPS) is 18.6. The molecule has 1 aliphatic rings. The van der Waals surface area contributed by atoms with Crippen LogP contribution in [-0.4, -0.2) is 15.1 Å². The summed E-state index contributed by atoms with van der Waals surface area (Å²) >= 11 is 0. The van der Waals surface area contributed by atoms with Crippen molar-refractivity contribution in [3.05, 3.63) is 21.7 Å². The maximum atomic E-state index is 11.2. The fraction of sp³-hybridized carbons (Fsp3) is 0.500. The highest BCUT2D eigenvalue weighted by Crippen LogP contribution is 2.40. The average Bonchev–Trinajstić information content (AvgIpc) is 2.80. The van der Waals surface area contributed by atoms with E-state index >= 15 is 0 Å². The highest BCUT2D eigenvalue weighted by Gasteiger charge is 2.43. The summed E-state index contributed by atoms with van der Waals surface area (Å²) in [5, 5.41) is 9.29. The van der Waals surface area contributed by atoms with Crippen molar-refractivity contribution in [1.29, 1.82) is 0 Å². The molecule has 1 saturated carbocycles. The molecule has 0 saturated heterocycles. The predicted molar refractivity (Wildman–Crippen MR) is 46.4 cm³/mol. The van der Waals surface area contributed by atoms with Crippen LogP contribution in [-0.2, 0) is 5.54 Å². The minimum atomic E-state index is -0.510. The molecule has 0 spiro atoms. The fourth-order valence-electron chi connectivity index (χ4n) is 1.13. The minimum absolute atomic E-state index is 0.226. The third kappa shape index (κ3) is 1.21. The smallest absolute Gasteiger partial charge is 0.257 e. The summed E-state index contributed by atoms with van der Waals surface area (Å²) in [4.78, 5) is 17.6. The lowest BCUT2D eigenvalue weighted by atomic mass is 10.2. The summed E-state index contributed by atoms with van der Waals surface area (Å²) in [6.07, 6.45) is 1.61. The monoisotopic (exact) mass is 181 g/mol. The van der Waals surface area contributed by atoms with Crippen LogP contribution in [0.1, 0.15) is 24.2 Å². The van der Waals surface area contributed by atoms with E-state index in [4.69, 9.17) is 5.73 Å². The van der Waals surface area contributed by atoms with E-state index in [-0.39, 0.29) is 17.0 Å². The maximum Gasteiger partial charge on any atom is 0.257 e. The molecule has 1 fully saturated rings. The van der Waals surface area contributed by atoms with Gasteiger partial charge in [0.25, 0.3) is 5.56 Å². The first-order valence-electron chi connectivity index (χ1n) is 4.12. The van der Waals surface area contributed by atoms with Crippen LogP contribution < -0.4 is 11.3 Å². The van der Waals surface area contributed by atoms with Crippen molar-refractivity contribution in [1.82, 2.24) is 9.97 Å². The van der Waals surface area contributed by atoms with Gasteiger partial charge in [-0.15, -0.1) is 0 Å². The Hall–Kier alpha value is -1.36. The third-order valence-corrected chi connectivity index (χ3v) is 2.39. The van der Waals surface area contributed by atoms with Gasteiger partial charge in [-0.25, -0.2) is 0 Å². The Balaban J connectivity index is 2.56. The van der Waals surface area contributed by atoms with E-state index in [1.54, 1.807) is 0 Å². The second-order valence-corrected chi connectivity index (χ2v) is 3.52. The van der Waals surface area contributed by atoms with Crippen molar-refractivity contribution < 1.29 is 5.11 Å². The van der Waals surface area contributed by atoms with Crippen molar-refractivity contribution in [2.75, 3.05) is 0 Å². The van der Waals surface area contributed by atoms with Gasteiger partial charge in [0.15, 0.2) is 0 Å². The van der Waals surface area contributed by atoms with Gasteiger partial charge >= 0.3 is 0 Å². The molecular formula is C8H11N3O2. The topological polar surface area (TPSA) is 92.0 Å². The van der Waals surface area contributed by atoms with E-state index < -0.39 is 5.54 Å². The molecule has 4 N–H and O–H groups in total. The zero-order chi connectivity index (χ0) is 9.64. The second-order valence-electron chi connectivity index (χ2n) is 3.52. The number of aromatic hydroxyl groups is 1. The highest BCUT2D eigenvalue weighted by atomic mass is 16.3. The Morgan fingerprint density at radius 3 is 2.69 bits per heavy atom. The SMILES string of the molecule is Cc1c(O)nc(C2(N)CC2)[nH]c1=O. The van der Waals surface area contributed by atoms with E-state index in [0.717, 1.165) is 12.8 Å². The molecule has 0 unspecified atom stereocenters. The van der Waals surface area contributed by atoms with Gasteiger partial charge in [-0.3, -0.25) is 4.79 Å². The van der Waals surface area contributed by atoms with Gasteiger partial charge in [-0.05, 0) is 19.8 Å². The Labute approximate surface area is 74.6 Å². The zero-order valence-corrected chi connectivity index (χ0v) is 7.29. The minimum Gasteiger partial charge on any atom is -0.493 e. The molecule has 5 heteroatoms. The van der Waals surface area contributed by atoms with Crippen molar-refractivity contribution in [2.45, 2.75) is 25.3 Å². The number of hydrogen-bond donors (Lipinski definition) is 3. The molecule has 1 heterocycles. The summed E-state index contributed by atoms with van der Waals surface area (Å²) in [6, 6.07) is 0. The van der Waals surface area contributed by atoms with Crippen LogP contribution in [0.5, 0.6) is 5.88 Å². The van der Waals surface area contributed by atoms with Crippen molar-refractivity contribution in [2.24, 2.45) is 5.73 Å². The molecule has 70 valence electrons. The summed E-state index contributed by atoms with van der Waals surface area (Å²) in [5.41, 5.74) is 5.21. The third-order valence-electron chi connectivity index (χ3n) is 2.39. The first kappa shape index (κ1) is 8.25. The Morgan fingerprint density at radius 2 is 2.23 bits per heavy atom. The van der Waals surface area contributed by atoms with Crippen LogP contribution in [0.25, 0.3) is 0 Å². The molecule has 13 heavy (non-hydrogen) atoms. The zero-order valence-electron chi connectivity index (χ0n) is 7.29. The molecule has 1 aliphatic carbocycles. The Kier molecular flexibility index (Phi) is 1.47. The van der Waals surface area contributed by atoms with E-state index in [0.29, 0.717) is 5.82 Å². The van der Waals surface area contributed by atoms with Crippen LogP contribution in [0.4, 0.5) is 0 Å². The van der Waals surface area contributed by atoms with Crippen molar-refractivity contribution in [3.8, 4) is 5.88 Å². The lowest BCUT2D eigenvalue weighted by molar-refractivity contribution is 0.438. The highest BCUT2D eigenvalue weighted by molar-refractivity contribution is 5.24. The molecule has 5 nitrogen and oxygen atoms in total. The summed E-state index contributed by atoms with van der Waals surface area (Å²) in [5.74, 6) is 0.163. The van der Waals surface area contributed by atoms with E-state index in [1.807, 2.05) is 0 Å². The molecule has 0 atom stereocenters. The molecule has 0 aromatic carbocycles. The second kappa shape index (κ2) is 2.32. The lowest BCUT2D eigenvalue weighted by Crippen LogP contribution is -2.26. The van der Waals surface area contributed by atoms with Gasteiger partial charge in [0.05, 0.1) is 11.1 Å². The van der Waals surface area contributed by atoms with Crippen LogP contribution in [0.3, 0.4) is 0 Å². The number of aromatic nitrogens is 2. The average molecular weight is 181 g/mol. The molecule has 0 radical (unpaired) electrons. The van der Waals surface area contributed by atoms with E-state index in [1.165, 1.54) is 6.92 Å². The van der Waals surface area contributed by atoms with Crippen molar-refractivity contribution >= 4 is 0 Å². The van der Waals surface area contributed by atoms with Crippen LogP contribution >= 0.6 is 0 Å². The van der Waals surface area contributed by atoms with Gasteiger partial charge < -0.3 is 15.8 Å². The molecule has 0 amide bonds. The number of H-pyrrole nitrogens is 1. The summed E-state index contributed by atoms with van der Waals surface area (Å²) in [7, 11) is 0. The molecule has 0 aliphatic heterocycles. The first-order chi connectivity index (χ1) is 6.03. The number of hydrogen-bond acceptors (Lipinski definition) is 4. The van der Waals surface area contributed by atoms with E-state index in [9.17, 15) is 9.90 Å². The lowest BCUT2D eigenvalue weighted by Gasteiger charge is -2.07. The molecular weight excluding hydrogens is 170 g/mol. The Morgan fingerprint density at radius 1 is 1.62 bits per heavy atom. The molecule has 2 rings (SSSR count). The summed E-state index contributed by atoms with van der Waals surface area (Å²) in [6.45, 7) is 1.51. The van der Waals surface area contributed by atoms with Crippen LogP contribution in [0.15, 0.2) is 4.79 Å². The van der Waals surface area contributed by atoms with Gasteiger partial charge in [0.2, 0.25) is 5.88 Å². The number of nitrogens with two attached hydrogens (primary N) is 1. The first-order valence-corrected chi connectivity index (χ1v) is 4.12. The molecule has 1 aromatic heterocycles. The number of nitrogens with one attached hydrogen (secondary N) is 1. The fourth-order valence-corrected chi connectivity index (χ4v) is 1.13. The Bertz CT molecular complexity index is 406. The number of nitrogens with zero attached hydrogens (tertiary/aromatic N) is 1. The maximum absolute atomic E-state index is 11.2. The van der Waals surface area contributed by atoms with Crippen LogP contribution in [0, 0.1) is 6.92 Å². The van der Waals surface area contributed by atoms with Gasteiger partial charge in [-0.1, -0.05) is 0 Å². The standard InChI is InChI=1S/C8H11N3O2/c1-4-5(12)10-7(11-6(4)13)8(9)2-3-8/h2-3,9H2,1H3,(H2,10,11,12,13). The van der Waals surface area contributed by atoms with Crippen LogP contribution in [0.2, 0.25) is 0 Å². The van der Waals surface area contributed by atoms with Crippen molar-refractivity contribution in [3.63, 3.8) is 0 Å². The number of rotatable bonds is 1. The summed E-state index contributed by atoms with van der Waals surface area (Å²) < 4.78 is 0.